The number of rotatable bonds is 6. The predicted octanol–water partition coefficient (Wildman–Crippen LogP) is 0.178. The lowest BCUT2D eigenvalue weighted by Gasteiger charge is -2.31. The summed E-state index contributed by atoms with van der Waals surface area (Å²) in [7, 11) is -2.73. The lowest BCUT2D eigenvalue weighted by atomic mass is 10.1. The molecular weight excluding hydrogens is 315 g/mol. The Morgan fingerprint density at radius 2 is 2.32 bits per heavy atom. The number of ether oxygens (including phenoxy) is 3. The largest absolute Gasteiger partial charge is 0.376 e. The van der Waals surface area contributed by atoms with Gasteiger partial charge in [-0.25, -0.2) is 4.79 Å². The molecule has 0 unspecified atom stereocenters. The highest BCUT2D eigenvalue weighted by Crippen LogP contribution is 2.35. The molecule has 2 heterocycles. The highest BCUT2D eigenvalue weighted by molar-refractivity contribution is 7.51. The van der Waals surface area contributed by atoms with Crippen LogP contribution in [0.5, 0.6) is 0 Å². The first-order valence-electron chi connectivity index (χ1n) is 6.55. The summed E-state index contributed by atoms with van der Waals surface area (Å²) in [4.78, 5) is 30.8. The van der Waals surface area contributed by atoms with E-state index in [0.29, 0.717) is 5.70 Å². The van der Waals surface area contributed by atoms with E-state index < -0.39 is 26.3 Å². The van der Waals surface area contributed by atoms with Crippen molar-refractivity contribution in [3.8, 4) is 0 Å². The molecule has 1 fully saturated rings. The van der Waals surface area contributed by atoms with Crippen LogP contribution in [0.3, 0.4) is 0 Å². The Morgan fingerprint density at radius 3 is 2.91 bits per heavy atom. The summed E-state index contributed by atoms with van der Waals surface area (Å²) in [6.07, 6.45) is 1.41. The number of amides is 2. The highest BCUT2D eigenvalue weighted by Gasteiger charge is 2.43. The summed E-state index contributed by atoms with van der Waals surface area (Å²) in [5.41, 5.74) is 0.481. The van der Waals surface area contributed by atoms with Crippen LogP contribution in [0.15, 0.2) is 24.6 Å². The lowest BCUT2D eigenvalue weighted by molar-refractivity contribution is -0.0520. The third kappa shape index (κ3) is 4.16. The molecule has 0 aromatic carbocycles. The van der Waals surface area contributed by atoms with Gasteiger partial charge >= 0.3 is 13.6 Å². The Bertz CT molecular complexity index is 518. The maximum absolute atomic E-state index is 11.9. The second-order valence-corrected chi connectivity index (χ2v) is 6.61. The first-order chi connectivity index (χ1) is 10.3. The molecule has 0 aromatic heterocycles. The molecule has 0 saturated carbocycles. The Hall–Kier alpha value is -1.22. The van der Waals surface area contributed by atoms with Gasteiger partial charge in [0.1, 0.15) is 12.5 Å². The second kappa shape index (κ2) is 6.91. The van der Waals surface area contributed by atoms with Crippen molar-refractivity contribution < 1.29 is 33.4 Å². The minimum Gasteiger partial charge on any atom is -0.376 e. The van der Waals surface area contributed by atoms with Crippen LogP contribution in [-0.4, -0.2) is 59.7 Å². The first-order valence-corrected chi connectivity index (χ1v) is 8.34. The molecule has 10 heteroatoms. The van der Waals surface area contributed by atoms with Crippen LogP contribution < -0.4 is 5.32 Å². The number of nitrogens with one attached hydrogen (secondary N) is 1. The lowest BCUT2D eigenvalue weighted by Crippen LogP contribution is -2.49. The number of carbonyl (C=O) groups is 1. The van der Waals surface area contributed by atoms with Gasteiger partial charge in [0, 0.05) is 24.9 Å². The number of urea groups is 1. The number of nitrogens with zero attached hydrogens (tertiary/aromatic N) is 1. The van der Waals surface area contributed by atoms with Gasteiger partial charge in [-0.2, -0.15) is 0 Å². The topological polar surface area (TPSA) is 118 Å². The van der Waals surface area contributed by atoms with Crippen LogP contribution in [0.2, 0.25) is 0 Å². The monoisotopic (exact) mass is 334 g/mol. The molecule has 2 aliphatic heterocycles. The predicted molar refractivity (Wildman–Crippen MR) is 75.5 cm³/mol. The summed E-state index contributed by atoms with van der Waals surface area (Å²) in [5.74, 6) is -0.243. The van der Waals surface area contributed by atoms with E-state index >= 15 is 0 Å². The van der Waals surface area contributed by atoms with Crippen molar-refractivity contribution >= 4 is 13.6 Å². The van der Waals surface area contributed by atoms with Crippen LogP contribution in [0, 0.1) is 5.92 Å². The normalized spacial score (nSPS) is 29.0. The Balaban J connectivity index is 1.97. The SMILES string of the molecule is C=C1C=CN([C@@H]2OC[C@H](COCP(=O)(O)O)[C@H]2OC)C(=O)N1. The van der Waals surface area contributed by atoms with E-state index in [2.05, 4.69) is 11.9 Å². The van der Waals surface area contributed by atoms with E-state index in [-0.39, 0.29) is 25.2 Å². The van der Waals surface area contributed by atoms with Crippen molar-refractivity contribution in [3.63, 3.8) is 0 Å². The number of carbonyl (C=O) groups excluding carboxylic acids is 1. The molecule has 0 radical (unpaired) electrons. The van der Waals surface area contributed by atoms with Gasteiger partial charge in [0.05, 0.1) is 13.2 Å². The Labute approximate surface area is 127 Å². The maximum Gasteiger partial charge on any atom is 0.350 e. The average molecular weight is 334 g/mol. The molecule has 2 amide bonds. The van der Waals surface area contributed by atoms with Gasteiger partial charge in [0.2, 0.25) is 0 Å². The molecule has 0 aromatic rings. The molecule has 2 rings (SSSR count). The van der Waals surface area contributed by atoms with Crippen LogP contribution in [0.1, 0.15) is 0 Å². The minimum absolute atomic E-state index is 0.0615. The highest BCUT2D eigenvalue weighted by atomic mass is 31.2. The molecular formula is C12H19N2O7P. The van der Waals surface area contributed by atoms with Crippen LogP contribution in [0.25, 0.3) is 0 Å². The van der Waals surface area contributed by atoms with Gasteiger partial charge in [0.15, 0.2) is 6.23 Å². The van der Waals surface area contributed by atoms with Crippen molar-refractivity contribution in [1.29, 1.82) is 0 Å². The van der Waals surface area contributed by atoms with Gasteiger partial charge in [-0.15, -0.1) is 0 Å². The van der Waals surface area contributed by atoms with Gasteiger partial charge in [-0.05, 0) is 6.08 Å². The van der Waals surface area contributed by atoms with Crippen LogP contribution in [-0.2, 0) is 18.8 Å². The van der Waals surface area contributed by atoms with Crippen LogP contribution >= 0.6 is 7.60 Å². The van der Waals surface area contributed by atoms with Crippen LogP contribution in [0.4, 0.5) is 4.79 Å². The zero-order valence-electron chi connectivity index (χ0n) is 12.0. The number of hydrogen-bond donors (Lipinski definition) is 3. The summed E-state index contributed by atoms with van der Waals surface area (Å²) in [6.45, 7) is 3.95. The van der Waals surface area contributed by atoms with E-state index in [9.17, 15) is 9.36 Å². The van der Waals surface area contributed by atoms with E-state index in [1.807, 2.05) is 0 Å². The standard InChI is InChI=1S/C12H19N2O7P/c1-8-3-4-14(12(15)13-8)11-10(19-2)9(6-21-11)5-20-7-22(16,17)18/h3-4,9-11H,1,5-7H2,2H3,(H,13,15)(H2,16,17,18)/t9-,10+,11+/m0/s1. The van der Waals surface area contributed by atoms with E-state index in [0.717, 1.165) is 0 Å². The second-order valence-electron chi connectivity index (χ2n) is 5.03. The number of hydrogen-bond acceptors (Lipinski definition) is 5. The molecule has 22 heavy (non-hydrogen) atoms. The Morgan fingerprint density at radius 1 is 1.59 bits per heavy atom. The van der Waals surface area contributed by atoms with Gasteiger partial charge in [0.25, 0.3) is 0 Å². The molecule has 3 atom stereocenters. The molecule has 0 bridgehead atoms. The third-order valence-electron chi connectivity index (χ3n) is 3.30. The van der Waals surface area contributed by atoms with E-state index in [1.165, 1.54) is 12.0 Å². The van der Waals surface area contributed by atoms with Crippen molar-refractivity contribution in [2.24, 2.45) is 5.92 Å². The number of allylic oxidation sites excluding steroid dienone is 1. The van der Waals surface area contributed by atoms with Crippen molar-refractivity contribution in [2.75, 3.05) is 26.7 Å². The fourth-order valence-corrected chi connectivity index (χ4v) is 2.68. The summed E-state index contributed by atoms with van der Waals surface area (Å²) in [5, 5.41) is 2.56. The quantitative estimate of drug-likeness (QED) is 0.593. The maximum atomic E-state index is 11.9. The smallest absolute Gasteiger partial charge is 0.350 e. The zero-order chi connectivity index (χ0) is 16.3. The zero-order valence-corrected chi connectivity index (χ0v) is 12.9. The fourth-order valence-electron chi connectivity index (χ4n) is 2.34. The van der Waals surface area contributed by atoms with Crippen molar-refractivity contribution in [1.82, 2.24) is 10.2 Å². The van der Waals surface area contributed by atoms with Crippen molar-refractivity contribution in [2.45, 2.75) is 12.3 Å². The van der Waals surface area contributed by atoms with Gasteiger partial charge in [-0.1, -0.05) is 6.58 Å². The molecule has 124 valence electrons. The molecule has 1 saturated heterocycles. The third-order valence-corrected chi connectivity index (χ3v) is 3.82. The molecule has 3 N–H and O–H groups in total. The summed E-state index contributed by atoms with van der Waals surface area (Å²) >= 11 is 0. The van der Waals surface area contributed by atoms with Crippen molar-refractivity contribution in [3.05, 3.63) is 24.6 Å². The molecule has 0 spiro atoms. The summed E-state index contributed by atoms with van der Waals surface area (Å²) in [6, 6.07) is -0.378. The van der Waals surface area contributed by atoms with E-state index in [1.54, 1.807) is 12.3 Å². The summed E-state index contributed by atoms with van der Waals surface area (Å²) < 4.78 is 26.7. The average Bonchev–Trinajstić information content (AvgIpc) is 2.80. The Kier molecular flexibility index (Phi) is 5.38. The van der Waals surface area contributed by atoms with E-state index in [4.69, 9.17) is 24.0 Å². The molecule has 9 nitrogen and oxygen atoms in total. The molecule has 0 aliphatic carbocycles. The number of methoxy groups -OCH3 is 1. The molecule has 2 aliphatic rings. The minimum atomic E-state index is -4.21. The van der Waals surface area contributed by atoms with Gasteiger partial charge < -0.3 is 29.3 Å². The first kappa shape index (κ1) is 17.1. The fraction of sp³-hybridized carbons (Fsp3) is 0.583. The van der Waals surface area contributed by atoms with Gasteiger partial charge in [-0.3, -0.25) is 9.46 Å².